The van der Waals surface area contributed by atoms with Gasteiger partial charge in [-0.1, -0.05) is 51.4 Å². The molecule has 19 heavy (non-hydrogen) atoms. The molecule has 2 aromatic carbocycles. The van der Waals surface area contributed by atoms with Crippen molar-refractivity contribution in [3.8, 4) is 22.6 Å². The van der Waals surface area contributed by atoms with Gasteiger partial charge in [-0.3, -0.25) is 0 Å². The minimum Gasteiger partial charge on any atom is -0.352 e. The molecule has 0 spiro atoms. The molecule has 1 aromatic heterocycles. The Bertz CT molecular complexity index is 692. The third-order valence-electron chi connectivity index (χ3n) is 2.79. The molecule has 1 heterocycles. The van der Waals surface area contributed by atoms with Crippen LogP contribution in [-0.4, -0.2) is 5.16 Å². The topological polar surface area (TPSA) is 26.0 Å². The Morgan fingerprint density at radius 2 is 1.58 bits per heavy atom. The summed E-state index contributed by atoms with van der Waals surface area (Å²) in [7, 11) is 0. The molecule has 0 radical (unpaired) electrons. The van der Waals surface area contributed by atoms with E-state index in [0.717, 1.165) is 4.47 Å². The lowest BCUT2D eigenvalue weighted by atomic mass is 10.1. The SMILES string of the molecule is Fc1c(-c2ccccc2)noc1-c1ccc(Br)cc1. The summed E-state index contributed by atoms with van der Waals surface area (Å²) in [6.07, 6.45) is 0. The summed E-state index contributed by atoms with van der Waals surface area (Å²) in [5, 5.41) is 3.82. The second-order valence-electron chi connectivity index (χ2n) is 4.05. The number of benzene rings is 2. The maximum atomic E-state index is 14.3. The summed E-state index contributed by atoms with van der Waals surface area (Å²) in [5.41, 5.74) is 1.60. The van der Waals surface area contributed by atoms with E-state index in [2.05, 4.69) is 21.1 Å². The molecular weight excluding hydrogens is 309 g/mol. The molecule has 0 bridgehead atoms. The second-order valence-corrected chi connectivity index (χ2v) is 4.96. The Hall–Kier alpha value is -1.94. The summed E-state index contributed by atoms with van der Waals surface area (Å²) in [4.78, 5) is 0. The van der Waals surface area contributed by atoms with Crippen molar-refractivity contribution in [3.63, 3.8) is 0 Å². The maximum Gasteiger partial charge on any atom is 0.203 e. The molecule has 0 amide bonds. The van der Waals surface area contributed by atoms with E-state index in [0.29, 0.717) is 11.1 Å². The van der Waals surface area contributed by atoms with E-state index in [4.69, 9.17) is 4.52 Å². The molecule has 0 aliphatic carbocycles. The fraction of sp³-hybridized carbons (Fsp3) is 0. The summed E-state index contributed by atoms with van der Waals surface area (Å²) >= 11 is 3.34. The van der Waals surface area contributed by atoms with E-state index in [1.165, 1.54) is 0 Å². The van der Waals surface area contributed by atoms with Gasteiger partial charge in [-0.05, 0) is 24.3 Å². The van der Waals surface area contributed by atoms with Crippen molar-refractivity contribution < 1.29 is 8.91 Å². The Morgan fingerprint density at radius 1 is 0.895 bits per heavy atom. The first-order valence-corrected chi connectivity index (χ1v) is 6.51. The van der Waals surface area contributed by atoms with Gasteiger partial charge < -0.3 is 4.52 Å². The van der Waals surface area contributed by atoms with Gasteiger partial charge in [0, 0.05) is 15.6 Å². The highest BCUT2D eigenvalue weighted by Crippen LogP contribution is 2.31. The zero-order valence-electron chi connectivity index (χ0n) is 9.81. The van der Waals surface area contributed by atoms with E-state index in [-0.39, 0.29) is 11.5 Å². The van der Waals surface area contributed by atoms with Crippen LogP contribution in [0.25, 0.3) is 22.6 Å². The van der Waals surface area contributed by atoms with Gasteiger partial charge in [-0.2, -0.15) is 0 Å². The molecule has 4 heteroatoms. The first-order chi connectivity index (χ1) is 9.25. The van der Waals surface area contributed by atoms with E-state index in [1.807, 2.05) is 30.3 Å². The zero-order chi connectivity index (χ0) is 13.2. The normalized spacial score (nSPS) is 10.6. The lowest BCUT2D eigenvalue weighted by Gasteiger charge is -1.97. The van der Waals surface area contributed by atoms with E-state index < -0.39 is 5.82 Å². The van der Waals surface area contributed by atoms with Crippen LogP contribution in [0.15, 0.2) is 63.6 Å². The quantitative estimate of drug-likeness (QED) is 0.671. The van der Waals surface area contributed by atoms with Gasteiger partial charge in [0.2, 0.25) is 5.76 Å². The van der Waals surface area contributed by atoms with Crippen LogP contribution in [0.4, 0.5) is 4.39 Å². The number of aromatic nitrogens is 1. The van der Waals surface area contributed by atoms with Gasteiger partial charge in [0.25, 0.3) is 0 Å². The van der Waals surface area contributed by atoms with Crippen molar-refractivity contribution in [1.29, 1.82) is 0 Å². The van der Waals surface area contributed by atoms with E-state index in [9.17, 15) is 4.39 Å². The molecule has 3 aromatic rings. The molecule has 3 rings (SSSR count). The Labute approximate surface area is 118 Å². The van der Waals surface area contributed by atoms with E-state index >= 15 is 0 Å². The monoisotopic (exact) mass is 317 g/mol. The Morgan fingerprint density at radius 3 is 2.26 bits per heavy atom. The lowest BCUT2D eigenvalue weighted by molar-refractivity contribution is 0.429. The van der Waals surface area contributed by atoms with Crippen LogP contribution in [0, 0.1) is 5.82 Å². The van der Waals surface area contributed by atoms with Crippen LogP contribution in [0.1, 0.15) is 0 Å². The average molecular weight is 318 g/mol. The van der Waals surface area contributed by atoms with Gasteiger partial charge in [0.05, 0.1) is 0 Å². The molecular formula is C15H9BrFNO. The highest BCUT2D eigenvalue weighted by atomic mass is 79.9. The second kappa shape index (κ2) is 4.97. The van der Waals surface area contributed by atoms with Gasteiger partial charge in [-0.25, -0.2) is 4.39 Å². The van der Waals surface area contributed by atoms with Crippen LogP contribution in [0.2, 0.25) is 0 Å². The highest BCUT2D eigenvalue weighted by molar-refractivity contribution is 9.10. The number of hydrogen-bond donors (Lipinski definition) is 0. The number of hydrogen-bond acceptors (Lipinski definition) is 2. The molecule has 94 valence electrons. The van der Waals surface area contributed by atoms with E-state index in [1.54, 1.807) is 24.3 Å². The largest absolute Gasteiger partial charge is 0.352 e. The predicted molar refractivity (Wildman–Crippen MR) is 75.0 cm³/mol. The van der Waals surface area contributed by atoms with Gasteiger partial charge in [0.15, 0.2) is 5.82 Å². The van der Waals surface area contributed by atoms with Crippen LogP contribution < -0.4 is 0 Å². The highest BCUT2D eigenvalue weighted by Gasteiger charge is 2.18. The molecule has 0 saturated heterocycles. The van der Waals surface area contributed by atoms with Crippen molar-refractivity contribution in [2.75, 3.05) is 0 Å². The molecule has 0 atom stereocenters. The number of halogens is 2. The molecule has 0 aliphatic heterocycles. The number of rotatable bonds is 2. The lowest BCUT2D eigenvalue weighted by Crippen LogP contribution is -1.82. The van der Waals surface area contributed by atoms with Gasteiger partial charge in [-0.15, -0.1) is 0 Å². The van der Waals surface area contributed by atoms with Crippen LogP contribution in [0.5, 0.6) is 0 Å². The molecule has 2 nitrogen and oxygen atoms in total. The average Bonchev–Trinajstić information content (AvgIpc) is 2.83. The molecule has 0 N–H and O–H groups in total. The maximum absolute atomic E-state index is 14.3. The van der Waals surface area contributed by atoms with Gasteiger partial charge >= 0.3 is 0 Å². The fourth-order valence-corrected chi connectivity index (χ4v) is 2.10. The first kappa shape index (κ1) is 12.1. The number of nitrogens with zero attached hydrogens (tertiary/aromatic N) is 1. The summed E-state index contributed by atoms with van der Waals surface area (Å²) in [6, 6.07) is 16.4. The molecule has 0 saturated carbocycles. The van der Waals surface area contributed by atoms with Crippen molar-refractivity contribution in [2.45, 2.75) is 0 Å². The van der Waals surface area contributed by atoms with Crippen LogP contribution in [-0.2, 0) is 0 Å². The van der Waals surface area contributed by atoms with Crippen LogP contribution >= 0.6 is 15.9 Å². The third-order valence-corrected chi connectivity index (χ3v) is 3.32. The first-order valence-electron chi connectivity index (χ1n) is 5.72. The standard InChI is InChI=1S/C15H9BrFNO/c16-12-8-6-11(7-9-12)15-13(17)14(18-19-15)10-4-2-1-3-5-10/h1-9H. The molecule has 0 aliphatic rings. The third kappa shape index (κ3) is 2.31. The van der Waals surface area contributed by atoms with Crippen molar-refractivity contribution in [3.05, 3.63) is 64.9 Å². The van der Waals surface area contributed by atoms with Crippen molar-refractivity contribution >= 4 is 15.9 Å². The predicted octanol–water partition coefficient (Wildman–Crippen LogP) is 4.91. The van der Waals surface area contributed by atoms with Crippen molar-refractivity contribution in [2.24, 2.45) is 0 Å². The Balaban J connectivity index is 2.06. The van der Waals surface area contributed by atoms with Gasteiger partial charge in [0.1, 0.15) is 5.69 Å². The minimum atomic E-state index is -0.437. The van der Waals surface area contributed by atoms with Crippen molar-refractivity contribution in [1.82, 2.24) is 5.16 Å². The fourth-order valence-electron chi connectivity index (χ4n) is 1.84. The van der Waals surface area contributed by atoms with Crippen LogP contribution in [0.3, 0.4) is 0 Å². The Kier molecular flexibility index (Phi) is 3.17. The molecule has 0 unspecified atom stereocenters. The smallest absolute Gasteiger partial charge is 0.203 e. The zero-order valence-corrected chi connectivity index (χ0v) is 11.4. The minimum absolute atomic E-state index is 0.159. The summed E-state index contributed by atoms with van der Waals surface area (Å²) < 4.78 is 20.4. The summed E-state index contributed by atoms with van der Waals surface area (Å²) in [6.45, 7) is 0. The summed E-state index contributed by atoms with van der Waals surface area (Å²) in [5.74, 6) is -0.278. The molecule has 0 fully saturated rings.